The van der Waals surface area contributed by atoms with Crippen LogP contribution in [0.4, 0.5) is 5.69 Å². The van der Waals surface area contributed by atoms with E-state index in [2.05, 4.69) is 57.7 Å². The van der Waals surface area contributed by atoms with E-state index in [9.17, 15) is 5.26 Å². The monoisotopic (exact) mass is 454 g/mol. The molecule has 0 aromatic heterocycles. The van der Waals surface area contributed by atoms with Gasteiger partial charge in [-0.3, -0.25) is 0 Å². The molecule has 0 fully saturated rings. The van der Waals surface area contributed by atoms with Gasteiger partial charge < -0.3 is 14.4 Å². The number of nitriles is 1. The van der Waals surface area contributed by atoms with E-state index >= 15 is 0 Å². The molecule has 1 aromatic carbocycles. The molecular formula is C30H34N2O2. The highest BCUT2D eigenvalue weighted by atomic mass is 16.5. The molecule has 0 aliphatic carbocycles. The smallest absolute Gasteiger partial charge is 0.140 e. The molecule has 0 radical (unpaired) electrons. The average molecular weight is 455 g/mol. The van der Waals surface area contributed by atoms with Crippen LogP contribution in [0.1, 0.15) is 78.0 Å². The van der Waals surface area contributed by atoms with Gasteiger partial charge in [0.1, 0.15) is 23.0 Å². The molecule has 0 atom stereocenters. The van der Waals surface area contributed by atoms with Crippen molar-refractivity contribution in [3.8, 4) is 11.8 Å². The fourth-order valence-corrected chi connectivity index (χ4v) is 5.61. The van der Waals surface area contributed by atoms with E-state index in [0.717, 1.165) is 42.4 Å². The molecule has 0 spiro atoms. The molecule has 0 bridgehead atoms. The molecule has 4 nitrogen and oxygen atoms in total. The predicted molar refractivity (Wildman–Crippen MR) is 138 cm³/mol. The van der Waals surface area contributed by atoms with E-state index in [-0.39, 0.29) is 10.8 Å². The normalized spacial score (nSPS) is 24.5. The Hall–Kier alpha value is -3.19. The lowest BCUT2D eigenvalue weighted by Crippen LogP contribution is -2.45. The molecule has 0 unspecified atom stereocenters. The maximum Gasteiger partial charge on any atom is 0.140 e. The Morgan fingerprint density at radius 3 is 2.44 bits per heavy atom. The zero-order valence-corrected chi connectivity index (χ0v) is 21.4. The minimum atomic E-state index is 0.0296. The van der Waals surface area contributed by atoms with Crippen molar-refractivity contribution in [1.82, 2.24) is 0 Å². The van der Waals surface area contributed by atoms with Crippen LogP contribution in [0.3, 0.4) is 0 Å². The lowest BCUT2D eigenvalue weighted by molar-refractivity contribution is 0.313. The summed E-state index contributed by atoms with van der Waals surface area (Å²) in [5, 5.41) is 9.33. The van der Waals surface area contributed by atoms with Crippen LogP contribution in [0.25, 0.3) is 5.57 Å². The molecule has 34 heavy (non-hydrogen) atoms. The van der Waals surface area contributed by atoms with Crippen molar-refractivity contribution >= 4 is 11.3 Å². The lowest BCUT2D eigenvalue weighted by Gasteiger charge is -2.49. The number of hydrogen-bond acceptors (Lipinski definition) is 4. The molecule has 1 aromatic rings. The molecular weight excluding hydrogens is 420 g/mol. The summed E-state index contributed by atoms with van der Waals surface area (Å²) >= 11 is 0. The van der Waals surface area contributed by atoms with E-state index in [1.54, 1.807) is 0 Å². The third-order valence-electron chi connectivity index (χ3n) is 7.81. The Morgan fingerprint density at radius 1 is 1.03 bits per heavy atom. The number of hydrogen-bond donors (Lipinski definition) is 0. The minimum absolute atomic E-state index is 0.0296. The SMILES string of the molecule is CC1=C/C(=C(\C)C#N)C=C(/C=C2\C=C(C)c3cc4c5c(c3O2)C(C)(C)CCN5CCC4(C)C)O1. The predicted octanol–water partition coefficient (Wildman–Crippen LogP) is 7.19. The first kappa shape index (κ1) is 22.6. The van der Waals surface area contributed by atoms with Gasteiger partial charge in [0, 0.05) is 41.6 Å². The number of ether oxygens (including phenoxy) is 2. The summed E-state index contributed by atoms with van der Waals surface area (Å²) in [5.41, 5.74) is 8.30. The van der Waals surface area contributed by atoms with Crippen molar-refractivity contribution in [3.63, 3.8) is 0 Å². The highest BCUT2D eigenvalue weighted by Gasteiger charge is 2.43. The molecule has 4 heteroatoms. The van der Waals surface area contributed by atoms with Crippen LogP contribution in [0.15, 0.2) is 58.8 Å². The second-order valence-electron chi connectivity index (χ2n) is 11.4. The van der Waals surface area contributed by atoms with Crippen LogP contribution in [0.5, 0.6) is 5.75 Å². The Bertz CT molecular complexity index is 1290. The summed E-state index contributed by atoms with van der Waals surface area (Å²) in [5.74, 6) is 3.20. The van der Waals surface area contributed by atoms with Crippen molar-refractivity contribution in [3.05, 3.63) is 75.5 Å². The van der Waals surface area contributed by atoms with Crippen LogP contribution in [-0.2, 0) is 15.6 Å². The van der Waals surface area contributed by atoms with Gasteiger partial charge in [-0.1, -0.05) is 27.7 Å². The fraction of sp³-hybridized carbons (Fsp3) is 0.433. The van der Waals surface area contributed by atoms with Gasteiger partial charge in [-0.05, 0) is 85.4 Å². The van der Waals surface area contributed by atoms with Gasteiger partial charge in [0.25, 0.3) is 0 Å². The zero-order valence-electron chi connectivity index (χ0n) is 21.4. The summed E-state index contributed by atoms with van der Waals surface area (Å²) in [4.78, 5) is 2.57. The van der Waals surface area contributed by atoms with Gasteiger partial charge in [-0.25, -0.2) is 0 Å². The number of benzene rings is 1. The van der Waals surface area contributed by atoms with Crippen LogP contribution in [-0.4, -0.2) is 13.1 Å². The summed E-state index contributed by atoms with van der Waals surface area (Å²) < 4.78 is 12.6. The second kappa shape index (κ2) is 7.67. The van der Waals surface area contributed by atoms with Gasteiger partial charge in [-0.15, -0.1) is 0 Å². The molecule has 0 saturated carbocycles. The third-order valence-corrected chi connectivity index (χ3v) is 7.81. The van der Waals surface area contributed by atoms with Crippen LogP contribution < -0.4 is 9.64 Å². The molecule has 4 heterocycles. The quantitative estimate of drug-likeness (QED) is 0.421. The first-order valence-corrected chi connectivity index (χ1v) is 12.2. The van der Waals surface area contributed by atoms with Gasteiger partial charge >= 0.3 is 0 Å². The largest absolute Gasteiger partial charge is 0.462 e. The van der Waals surface area contributed by atoms with Gasteiger partial charge in [0.05, 0.1) is 6.07 Å². The molecule has 4 aliphatic rings. The van der Waals surface area contributed by atoms with Crippen molar-refractivity contribution in [2.24, 2.45) is 0 Å². The van der Waals surface area contributed by atoms with E-state index in [0.29, 0.717) is 11.3 Å². The maximum absolute atomic E-state index is 9.33. The third kappa shape index (κ3) is 3.59. The van der Waals surface area contributed by atoms with E-state index < -0.39 is 0 Å². The van der Waals surface area contributed by atoms with Crippen molar-refractivity contribution < 1.29 is 9.47 Å². The van der Waals surface area contributed by atoms with E-state index in [1.165, 1.54) is 34.4 Å². The molecule has 0 N–H and O–H groups in total. The number of rotatable bonds is 1. The number of anilines is 1. The molecule has 176 valence electrons. The van der Waals surface area contributed by atoms with Gasteiger partial charge in [0.2, 0.25) is 0 Å². The molecule has 5 rings (SSSR count). The maximum atomic E-state index is 9.33. The first-order chi connectivity index (χ1) is 16.0. The van der Waals surface area contributed by atoms with Crippen LogP contribution >= 0.6 is 0 Å². The number of fused-ring (bicyclic) bond motifs is 2. The topological polar surface area (TPSA) is 45.5 Å². The van der Waals surface area contributed by atoms with Gasteiger partial charge in [0.15, 0.2) is 0 Å². The summed E-state index contributed by atoms with van der Waals surface area (Å²) in [6, 6.07) is 4.62. The van der Waals surface area contributed by atoms with E-state index in [4.69, 9.17) is 9.47 Å². The Labute approximate surface area is 203 Å². The number of nitrogens with zero attached hydrogens (tertiary/aromatic N) is 2. The second-order valence-corrected chi connectivity index (χ2v) is 11.4. The zero-order chi connectivity index (χ0) is 24.4. The van der Waals surface area contributed by atoms with Crippen LogP contribution in [0, 0.1) is 11.3 Å². The Balaban J connectivity index is 1.66. The summed E-state index contributed by atoms with van der Waals surface area (Å²) in [6.45, 7) is 17.5. The highest BCUT2D eigenvalue weighted by Crippen LogP contribution is 2.55. The first-order valence-electron chi connectivity index (χ1n) is 12.2. The Kier molecular flexibility index (Phi) is 5.09. The summed E-state index contributed by atoms with van der Waals surface area (Å²) in [7, 11) is 0. The Morgan fingerprint density at radius 2 is 1.74 bits per heavy atom. The van der Waals surface area contributed by atoms with E-state index in [1.807, 2.05) is 32.1 Å². The molecule has 0 saturated heterocycles. The van der Waals surface area contributed by atoms with Crippen molar-refractivity contribution in [1.29, 1.82) is 5.26 Å². The molecule has 0 amide bonds. The fourth-order valence-electron chi connectivity index (χ4n) is 5.61. The minimum Gasteiger partial charge on any atom is -0.462 e. The highest BCUT2D eigenvalue weighted by molar-refractivity contribution is 5.83. The average Bonchev–Trinajstić information content (AvgIpc) is 2.76. The van der Waals surface area contributed by atoms with Crippen LogP contribution in [0.2, 0.25) is 0 Å². The standard InChI is InChI=1S/C30H34N2O2/c1-18-12-22(15-23-14-21(19(2)17-31)13-20(3)33-23)34-28-24(18)16-25-27-26(28)30(6,7)9-11-32(27)10-8-29(25,4)5/h12-16H,8-11H2,1-7H3/b21-19-,22-15+. The van der Waals surface area contributed by atoms with Crippen molar-refractivity contribution in [2.75, 3.05) is 18.0 Å². The molecule has 4 aliphatic heterocycles. The summed E-state index contributed by atoms with van der Waals surface area (Å²) in [6.07, 6.45) is 10.1. The number of allylic oxidation sites excluding steroid dienone is 8. The van der Waals surface area contributed by atoms with Crippen molar-refractivity contribution in [2.45, 2.75) is 72.1 Å². The lowest BCUT2D eigenvalue weighted by atomic mass is 9.68. The van der Waals surface area contributed by atoms with Gasteiger partial charge in [-0.2, -0.15) is 5.26 Å².